The van der Waals surface area contributed by atoms with Gasteiger partial charge >= 0.3 is 6.09 Å². The molecule has 1 N–H and O–H groups in total. The van der Waals surface area contributed by atoms with Crippen molar-refractivity contribution >= 4 is 6.09 Å². The zero-order valence-electron chi connectivity index (χ0n) is 10.2. The van der Waals surface area contributed by atoms with Crippen molar-refractivity contribution in [3.8, 4) is 0 Å². The molecule has 0 heterocycles. The predicted octanol–water partition coefficient (Wildman–Crippen LogP) is 1.96. The summed E-state index contributed by atoms with van der Waals surface area (Å²) in [5, 5.41) is 2.71. The van der Waals surface area contributed by atoms with Crippen molar-refractivity contribution in [2.24, 2.45) is 5.92 Å². The van der Waals surface area contributed by atoms with Crippen LogP contribution in [-0.2, 0) is 9.47 Å². The third kappa shape index (κ3) is 4.34. The maximum atomic E-state index is 11.1. The van der Waals surface area contributed by atoms with Crippen LogP contribution in [0.1, 0.15) is 20.8 Å². The Hall–Kier alpha value is -1.03. The summed E-state index contributed by atoms with van der Waals surface area (Å²) in [6, 6.07) is -0.220. The lowest BCUT2D eigenvalue weighted by molar-refractivity contribution is 0.0868. The second kappa shape index (κ2) is 6.45. The highest BCUT2D eigenvalue weighted by Crippen LogP contribution is 2.16. The molecule has 0 saturated carbocycles. The van der Waals surface area contributed by atoms with Gasteiger partial charge in [0.2, 0.25) is 0 Å². The first-order chi connectivity index (χ1) is 6.93. The minimum Gasteiger partial charge on any atom is -0.453 e. The van der Waals surface area contributed by atoms with E-state index in [1.807, 2.05) is 20.8 Å². The number of hydrogen-bond acceptors (Lipinski definition) is 3. The third-order valence-electron chi connectivity index (χ3n) is 2.44. The van der Waals surface area contributed by atoms with Gasteiger partial charge in [-0.15, -0.1) is 0 Å². The molecule has 0 radical (unpaired) electrons. The number of rotatable bonds is 5. The summed E-state index contributed by atoms with van der Waals surface area (Å²) in [4.78, 5) is 11.1. The van der Waals surface area contributed by atoms with Crippen molar-refractivity contribution in [3.05, 3.63) is 12.2 Å². The molecule has 0 bridgehead atoms. The van der Waals surface area contributed by atoms with Crippen molar-refractivity contribution in [1.29, 1.82) is 0 Å². The number of carbonyl (C=O) groups excluding carboxylic acids is 1. The number of nitrogens with one attached hydrogen (secondary N) is 1. The first kappa shape index (κ1) is 14.0. The lowest BCUT2D eigenvalue weighted by Crippen LogP contribution is -2.45. The minimum atomic E-state index is -0.467. The zero-order valence-corrected chi connectivity index (χ0v) is 10.2. The highest BCUT2D eigenvalue weighted by Gasteiger charge is 2.24. The SMILES string of the molecule is C=C(C(C)C)[C@@H](NC(=O)OC)[C@@H](C)OC. The molecule has 0 unspecified atom stereocenters. The summed E-state index contributed by atoms with van der Waals surface area (Å²) >= 11 is 0. The van der Waals surface area contributed by atoms with Gasteiger partial charge in [0.15, 0.2) is 0 Å². The zero-order chi connectivity index (χ0) is 12.0. The molecule has 4 nitrogen and oxygen atoms in total. The average molecular weight is 215 g/mol. The van der Waals surface area contributed by atoms with Gasteiger partial charge in [0, 0.05) is 7.11 Å². The lowest BCUT2D eigenvalue weighted by Gasteiger charge is -2.27. The van der Waals surface area contributed by atoms with Gasteiger partial charge in [-0.25, -0.2) is 4.79 Å². The van der Waals surface area contributed by atoms with Gasteiger partial charge in [0.1, 0.15) is 0 Å². The lowest BCUT2D eigenvalue weighted by atomic mass is 9.94. The fourth-order valence-electron chi connectivity index (χ4n) is 1.19. The maximum Gasteiger partial charge on any atom is 0.407 e. The number of hydrogen-bond donors (Lipinski definition) is 1. The van der Waals surface area contributed by atoms with E-state index in [4.69, 9.17) is 4.74 Å². The first-order valence-electron chi connectivity index (χ1n) is 5.00. The van der Waals surface area contributed by atoms with E-state index < -0.39 is 6.09 Å². The maximum absolute atomic E-state index is 11.1. The van der Waals surface area contributed by atoms with Crippen LogP contribution in [0.3, 0.4) is 0 Å². The normalized spacial score (nSPS) is 14.5. The largest absolute Gasteiger partial charge is 0.453 e. The van der Waals surface area contributed by atoms with E-state index in [0.717, 1.165) is 5.57 Å². The Balaban J connectivity index is 4.58. The van der Waals surface area contributed by atoms with Crippen LogP contribution < -0.4 is 5.32 Å². The van der Waals surface area contributed by atoms with Crippen molar-refractivity contribution < 1.29 is 14.3 Å². The fraction of sp³-hybridized carbons (Fsp3) is 0.727. The summed E-state index contributed by atoms with van der Waals surface area (Å²) in [7, 11) is 2.94. The molecular formula is C11H21NO3. The number of alkyl carbamates (subject to hydrolysis) is 1. The van der Waals surface area contributed by atoms with Crippen molar-refractivity contribution in [1.82, 2.24) is 5.32 Å². The van der Waals surface area contributed by atoms with E-state index in [9.17, 15) is 4.79 Å². The topological polar surface area (TPSA) is 47.6 Å². The van der Waals surface area contributed by atoms with Crippen molar-refractivity contribution in [2.45, 2.75) is 32.9 Å². The summed E-state index contributed by atoms with van der Waals surface area (Å²) in [6.07, 6.45) is -0.593. The molecule has 4 heteroatoms. The highest BCUT2D eigenvalue weighted by molar-refractivity contribution is 5.68. The number of ether oxygens (including phenoxy) is 2. The van der Waals surface area contributed by atoms with E-state index >= 15 is 0 Å². The van der Waals surface area contributed by atoms with Crippen LogP contribution in [-0.4, -0.2) is 32.5 Å². The van der Waals surface area contributed by atoms with Crippen molar-refractivity contribution in [2.75, 3.05) is 14.2 Å². The molecular weight excluding hydrogens is 194 g/mol. The summed E-state index contributed by atoms with van der Waals surface area (Å²) in [6.45, 7) is 9.89. The minimum absolute atomic E-state index is 0.126. The van der Waals surface area contributed by atoms with Gasteiger partial charge in [-0.05, 0) is 18.4 Å². The summed E-state index contributed by atoms with van der Waals surface area (Å²) in [5.74, 6) is 0.282. The highest BCUT2D eigenvalue weighted by atomic mass is 16.5. The Morgan fingerprint density at radius 2 is 1.80 bits per heavy atom. The van der Waals surface area contributed by atoms with E-state index in [-0.39, 0.29) is 18.1 Å². The van der Waals surface area contributed by atoms with Crippen molar-refractivity contribution in [3.63, 3.8) is 0 Å². The van der Waals surface area contributed by atoms with Crippen LogP contribution in [0.25, 0.3) is 0 Å². The molecule has 0 spiro atoms. The Kier molecular flexibility index (Phi) is 6.01. The van der Waals surface area contributed by atoms with Gasteiger partial charge in [0.25, 0.3) is 0 Å². The van der Waals surface area contributed by atoms with Crippen LogP contribution in [0.5, 0.6) is 0 Å². The number of methoxy groups -OCH3 is 2. The predicted molar refractivity (Wildman–Crippen MR) is 59.8 cm³/mol. The summed E-state index contributed by atoms with van der Waals surface area (Å²) < 4.78 is 9.76. The molecule has 0 saturated heterocycles. The van der Waals surface area contributed by atoms with Crippen LogP contribution in [0.2, 0.25) is 0 Å². The molecule has 0 rings (SSSR count). The Labute approximate surface area is 91.6 Å². The number of carbonyl (C=O) groups is 1. The molecule has 0 aromatic carbocycles. The van der Waals surface area contributed by atoms with Crippen LogP contribution in [0.4, 0.5) is 4.79 Å². The summed E-state index contributed by atoms with van der Waals surface area (Å²) in [5.41, 5.74) is 0.926. The average Bonchev–Trinajstić information content (AvgIpc) is 2.23. The molecule has 15 heavy (non-hydrogen) atoms. The standard InChI is InChI=1S/C11H21NO3/c1-7(2)8(3)10(9(4)14-5)12-11(13)15-6/h7,9-10H,3H2,1-2,4-6H3,(H,12,13)/t9-,10-/m1/s1. The second-order valence-corrected chi connectivity index (χ2v) is 3.78. The van der Waals surface area contributed by atoms with Gasteiger partial charge in [-0.2, -0.15) is 0 Å². The Bertz CT molecular complexity index is 226. The molecule has 0 aromatic rings. The first-order valence-corrected chi connectivity index (χ1v) is 5.00. The monoisotopic (exact) mass is 215 g/mol. The van der Waals surface area contributed by atoms with Gasteiger partial charge < -0.3 is 14.8 Å². The van der Waals surface area contributed by atoms with E-state index in [0.29, 0.717) is 0 Å². The van der Waals surface area contributed by atoms with Crippen LogP contribution in [0.15, 0.2) is 12.2 Å². The molecule has 0 aliphatic heterocycles. The molecule has 0 aliphatic rings. The third-order valence-corrected chi connectivity index (χ3v) is 2.44. The Morgan fingerprint density at radius 1 is 1.27 bits per heavy atom. The van der Waals surface area contributed by atoms with Gasteiger partial charge in [-0.3, -0.25) is 0 Å². The molecule has 2 atom stereocenters. The van der Waals surface area contributed by atoms with Gasteiger partial charge in [-0.1, -0.05) is 20.4 Å². The number of amides is 1. The molecule has 0 aromatic heterocycles. The van der Waals surface area contributed by atoms with Crippen LogP contribution in [0, 0.1) is 5.92 Å². The molecule has 1 amide bonds. The van der Waals surface area contributed by atoms with E-state index in [1.54, 1.807) is 7.11 Å². The van der Waals surface area contributed by atoms with Gasteiger partial charge in [0.05, 0.1) is 19.3 Å². The smallest absolute Gasteiger partial charge is 0.407 e. The quantitative estimate of drug-likeness (QED) is 0.713. The van der Waals surface area contributed by atoms with Crippen LogP contribution >= 0.6 is 0 Å². The second-order valence-electron chi connectivity index (χ2n) is 3.78. The Morgan fingerprint density at radius 3 is 2.13 bits per heavy atom. The molecule has 88 valence electrons. The van der Waals surface area contributed by atoms with E-state index in [1.165, 1.54) is 7.11 Å². The van der Waals surface area contributed by atoms with E-state index in [2.05, 4.69) is 16.6 Å². The molecule has 0 aliphatic carbocycles. The fourth-order valence-corrected chi connectivity index (χ4v) is 1.19. The molecule has 0 fully saturated rings.